The van der Waals surface area contributed by atoms with Gasteiger partial charge in [0.2, 0.25) is 15.9 Å². The molecule has 1 N–H and O–H groups in total. The summed E-state index contributed by atoms with van der Waals surface area (Å²) in [5.41, 5.74) is 0.450. The molecule has 1 aromatic carbocycles. The van der Waals surface area contributed by atoms with Crippen LogP contribution in [-0.2, 0) is 19.6 Å². The summed E-state index contributed by atoms with van der Waals surface area (Å²) >= 11 is 1.32. The molecular weight excluding hydrogens is 374 g/mol. The topological polar surface area (TPSA) is 88.6 Å². The molecule has 2 heterocycles. The van der Waals surface area contributed by atoms with Gasteiger partial charge in [0.25, 0.3) is 0 Å². The van der Waals surface area contributed by atoms with Gasteiger partial charge in [-0.3, -0.25) is 4.79 Å². The third-order valence-electron chi connectivity index (χ3n) is 3.71. The molecule has 26 heavy (non-hydrogen) atoms. The summed E-state index contributed by atoms with van der Waals surface area (Å²) in [6, 6.07) is 11.8. The minimum atomic E-state index is -3.59. The van der Waals surface area contributed by atoms with Gasteiger partial charge in [0.15, 0.2) is 0 Å². The summed E-state index contributed by atoms with van der Waals surface area (Å²) in [4.78, 5) is 16.4. The predicted octanol–water partition coefficient (Wildman–Crippen LogP) is 1.83. The molecule has 2 aromatic rings. The van der Waals surface area contributed by atoms with Crippen molar-refractivity contribution < 1.29 is 17.9 Å². The number of nitrogens with one attached hydrogen (secondary N) is 1. The number of hydrogen-bond donors (Lipinski definition) is 1. The lowest BCUT2D eigenvalue weighted by molar-refractivity contribution is -0.113. The minimum absolute atomic E-state index is 0.162. The first kappa shape index (κ1) is 18.8. The Bertz CT molecular complexity index is 853. The van der Waals surface area contributed by atoms with Crippen LogP contribution in [0.3, 0.4) is 0 Å². The maximum atomic E-state index is 12.7. The number of benzene rings is 1. The van der Waals surface area contributed by atoms with E-state index in [1.807, 2.05) is 18.2 Å². The number of anilines is 1. The standard InChI is InChI=1S/C17H19N3O4S2/c21-16(13-25-17-6-1-2-7-18-17)19-14-4-3-5-15(12-14)26(22,23)20-8-10-24-11-9-20/h1-7,12H,8-11,13H2,(H,19,21). The van der Waals surface area contributed by atoms with E-state index in [0.717, 1.165) is 5.03 Å². The molecule has 0 radical (unpaired) electrons. The molecule has 138 valence electrons. The monoisotopic (exact) mass is 393 g/mol. The van der Waals surface area contributed by atoms with Crippen molar-refractivity contribution in [3.05, 3.63) is 48.7 Å². The smallest absolute Gasteiger partial charge is 0.243 e. The Labute approximate surface area is 156 Å². The molecular formula is C17H19N3O4S2. The van der Waals surface area contributed by atoms with E-state index in [0.29, 0.717) is 32.0 Å². The number of carbonyl (C=O) groups excluding carboxylic acids is 1. The lowest BCUT2D eigenvalue weighted by atomic mass is 10.3. The summed E-state index contributed by atoms with van der Waals surface area (Å²) in [5.74, 6) is -0.0288. The summed E-state index contributed by atoms with van der Waals surface area (Å²) in [5, 5.41) is 3.49. The van der Waals surface area contributed by atoms with E-state index in [9.17, 15) is 13.2 Å². The lowest BCUT2D eigenvalue weighted by Crippen LogP contribution is -2.40. The number of amides is 1. The van der Waals surface area contributed by atoms with E-state index in [-0.39, 0.29) is 16.6 Å². The van der Waals surface area contributed by atoms with Crippen LogP contribution in [0.15, 0.2) is 58.6 Å². The van der Waals surface area contributed by atoms with Crippen LogP contribution in [-0.4, -0.2) is 55.7 Å². The molecule has 0 spiro atoms. The van der Waals surface area contributed by atoms with Gasteiger partial charge >= 0.3 is 0 Å². The third-order valence-corrected chi connectivity index (χ3v) is 6.55. The van der Waals surface area contributed by atoms with Gasteiger partial charge in [-0.1, -0.05) is 23.9 Å². The highest BCUT2D eigenvalue weighted by atomic mass is 32.2. The first-order chi connectivity index (χ1) is 12.6. The summed E-state index contributed by atoms with van der Waals surface area (Å²) < 4.78 is 32.0. The van der Waals surface area contributed by atoms with Crippen LogP contribution in [0.25, 0.3) is 0 Å². The number of ether oxygens (including phenoxy) is 1. The van der Waals surface area contributed by atoms with E-state index in [1.54, 1.807) is 18.3 Å². The Kier molecular flexibility index (Phi) is 6.25. The normalized spacial score (nSPS) is 15.5. The molecule has 0 saturated carbocycles. The zero-order chi connectivity index (χ0) is 18.4. The third kappa shape index (κ3) is 4.82. The van der Waals surface area contributed by atoms with Gasteiger partial charge in [-0.2, -0.15) is 4.31 Å². The molecule has 0 aliphatic carbocycles. The van der Waals surface area contributed by atoms with Gasteiger partial charge in [-0.25, -0.2) is 13.4 Å². The molecule has 0 bridgehead atoms. The number of thioether (sulfide) groups is 1. The number of hydrogen-bond acceptors (Lipinski definition) is 6. The van der Waals surface area contributed by atoms with Crippen LogP contribution in [0, 0.1) is 0 Å². The lowest BCUT2D eigenvalue weighted by Gasteiger charge is -2.26. The van der Waals surface area contributed by atoms with E-state index in [2.05, 4.69) is 10.3 Å². The second-order valence-electron chi connectivity index (χ2n) is 5.55. The largest absolute Gasteiger partial charge is 0.379 e. The average Bonchev–Trinajstić information content (AvgIpc) is 2.68. The van der Waals surface area contributed by atoms with Crippen LogP contribution in [0.5, 0.6) is 0 Å². The van der Waals surface area contributed by atoms with Gasteiger partial charge in [0.1, 0.15) is 0 Å². The zero-order valence-electron chi connectivity index (χ0n) is 14.0. The fraction of sp³-hybridized carbons (Fsp3) is 0.294. The number of morpholine rings is 1. The Morgan fingerprint density at radius 2 is 2.00 bits per heavy atom. The fourth-order valence-corrected chi connectivity index (χ4v) is 4.56. The van der Waals surface area contributed by atoms with Crippen LogP contribution in [0.1, 0.15) is 0 Å². The summed E-state index contributed by atoms with van der Waals surface area (Å²) in [7, 11) is -3.59. The van der Waals surface area contributed by atoms with Gasteiger partial charge in [0.05, 0.1) is 28.9 Å². The zero-order valence-corrected chi connectivity index (χ0v) is 15.6. The van der Waals surface area contributed by atoms with Crippen LogP contribution in [0.4, 0.5) is 5.69 Å². The van der Waals surface area contributed by atoms with Crippen molar-refractivity contribution in [2.75, 3.05) is 37.4 Å². The Morgan fingerprint density at radius 1 is 1.19 bits per heavy atom. The number of aromatic nitrogens is 1. The molecule has 1 aliphatic heterocycles. The van der Waals surface area contributed by atoms with Crippen molar-refractivity contribution >= 4 is 33.4 Å². The van der Waals surface area contributed by atoms with Crippen LogP contribution < -0.4 is 5.32 Å². The second-order valence-corrected chi connectivity index (χ2v) is 8.48. The highest BCUT2D eigenvalue weighted by Gasteiger charge is 2.26. The number of pyridine rings is 1. The van der Waals surface area contributed by atoms with Crippen molar-refractivity contribution in [1.82, 2.24) is 9.29 Å². The summed E-state index contributed by atoms with van der Waals surface area (Å²) in [6.07, 6.45) is 1.67. The Hall–Kier alpha value is -1.94. The van der Waals surface area contributed by atoms with Crippen molar-refractivity contribution in [1.29, 1.82) is 0 Å². The maximum Gasteiger partial charge on any atom is 0.243 e. The Morgan fingerprint density at radius 3 is 2.73 bits per heavy atom. The molecule has 1 saturated heterocycles. The van der Waals surface area contributed by atoms with Crippen molar-refractivity contribution in [3.63, 3.8) is 0 Å². The molecule has 3 rings (SSSR count). The number of carbonyl (C=O) groups is 1. The fourth-order valence-electron chi connectivity index (χ4n) is 2.44. The maximum absolute atomic E-state index is 12.7. The van der Waals surface area contributed by atoms with Gasteiger partial charge < -0.3 is 10.1 Å². The van der Waals surface area contributed by atoms with E-state index in [1.165, 1.54) is 28.2 Å². The highest BCUT2D eigenvalue weighted by Crippen LogP contribution is 2.21. The molecule has 9 heteroatoms. The van der Waals surface area contributed by atoms with Gasteiger partial charge in [-0.15, -0.1) is 0 Å². The van der Waals surface area contributed by atoms with Gasteiger partial charge in [0, 0.05) is 25.0 Å². The van der Waals surface area contributed by atoms with Crippen molar-refractivity contribution in [2.24, 2.45) is 0 Å². The first-order valence-corrected chi connectivity index (χ1v) is 10.5. The Balaban J connectivity index is 1.64. The summed E-state index contributed by atoms with van der Waals surface area (Å²) in [6.45, 7) is 1.44. The number of nitrogens with zero attached hydrogens (tertiary/aromatic N) is 2. The molecule has 1 fully saturated rings. The molecule has 7 nitrogen and oxygen atoms in total. The molecule has 1 amide bonds. The molecule has 0 unspecified atom stereocenters. The number of sulfonamides is 1. The number of rotatable bonds is 6. The quantitative estimate of drug-likeness (QED) is 0.754. The molecule has 1 aromatic heterocycles. The molecule has 0 atom stereocenters. The predicted molar refractivity (Wildman–Crippen MR) is 99.6 cm³/mol. The SMILES string of the molecule is O=C(CSc1ccccn1)Nc1cccc(S(=O)(=O)N2CCOCC2)c1. The van der Waals surface area contributed by atoms with Crippen molar-refractivity contribution in [2.45, 2.75) is 9.92 Å². The average molecular weight is 393 g/mol. The second kappa shape index (κ2) is 8.63. The van der Waals surface area contributed by atoms with E-state index in [4.69, 9.17) is 4.74 Å². The van der Waals surface area contributed by atoms with Gasteiger partial charge in [-0.05, 0) is 30.3 Å². The van der Waals surface area contributed by atoms with Crippen LogP contribution >= 0.6 is 11.8 Å². The van der Waals surface area contributed by atoms with E-state index < -0.39 is 10.0 Å². The highest BCUT2D eigenvalue weighted by molar-refractivity contribution is 7.99. The first-order valence-electron chi connectivity index (χ1n) is 8.07. The van der Waals surface area contributed by atoms with E-state index >= 15 is 0 Å². The van der Waals surface area contributed by atoms with Crippen molar-refractivity contribution in [3.8, 4) is 0 Å². The minimum Gasteiger partial charge on any atom is -0.379 e. The molecule has 1 aliphatic rings. The van der Waals surface area contributed by atoms with Crippen LogP contribution in [0.2, 0.25) is 0 Å².